The van der Waals surface area contributed by atoms with E-state index in [2.05, 4.69) is 17.2 Å². The third kappa shape index (κ3) is 3.58. The smallest absolute Gasteiger partial charge is 0.267 e. The highest BCUT2D eigenvalue weighted by Crippen LogP contribution is 2.16. The van der Waals surface area contributed by atoms with Gasteiger partial charge in [-0.15, -0.1) is 11.3 Å². The zero-order valence-corrected chi connectivity index (χ0v) is 15.0. The third-order valence-electron chi connectivity index (χ3n) is 3.61. The zero-order chi connectivity index (χ0) is 17.0. The first-order valence-electron chi connectivity index (χ1n) is 7.72. The Morgan fingerprint density at radius 3 is 2.62 bits per heavy atom. The van der Waals surface area contributed by atoms with Crippen LogP contribution in [0.15, 0.2) is 58.9 Å². The Morgan fingerprint density at radius 2 is 1.92 bits per heavy atom. The van der Waals surface area contributed by atoms with Gasteiger partial charge in [-0.3, -0.25) is 0 Å². The van der Waals surface area contributed by atoms with Crippen LogP contribution in [-0.2, 0) is 29.5 Å². The van der Waals surface area contributed by atoms with Gasteiger partial charge >= 0.3 is 0 Å². The molecule has 24 heavy (non-hydrogen) atoms. The summed E-state index contributed by atoms with van der Waals surface area (Å²) in [7, 11) is -3.56. The molecule has 0 saturated carbocycles. The van der Waals surface area contributed by atoms with Crippen LogP contribution in [0.5, 0.6) is 0 Å². The molecule has 0 unspecified atom stereocenters. The SMILES string of the molecule is CCc1nc(CNCc2cccn2S(=O)(=O)c2ccccc2)cs1. The standard InChI is InChI=1S/C17H19N3O2S2/c1-2-17-19-14(13-23-17)11-18-12-15-7-6-10-20(15)24(21,22)16-8-4-3-5-9-16/h3-10,13,18H,2,11-12H2,1H3. The average Bonchev–Trinajstić information content (AvgIpc) is 3.25. The molecule has 2 aromatic heterocycles. The molecule has 0 radical (unpaired) electrons. The fourth-order valence-electron chi connectivity index (χ4n) is 2.39. The maximum Gasteiger partial charge on any atom is 0.267 e. The largest absolute Gasteiger partial charge is 0.306 e. The number of hydrogen-bond donors (Lipinski definition) is 1. The molecule has 0 amide bonds. The van der Waals surface area contributed by atoms with Crippen LogP contribution >= 0.6 is 11.3 Å². The molecule has 0 aliphatic carbocycles. The van der Waals surface area contributed by atoms with Crippen molar-refractivity contribution in [3.05, 3.63) is 70.4 Å². The van der Waals surface area contributed by atoms with Crippen LogP contribution in [0.2, 0.25) is 0 Å². The van der Waals surface area contributed by atoms with Crippen molar-refractivity contribution in [3.8, 4) is 0 Å². The average molecular weight is 361 g/mol. The lowest BCUT2D eigenvalue weighted by Gasteiger charge is -2.11. The van der Waals surface area contributed by atoms with Gasteiger partial charge in [0, 0.05) is 30.4 Å². The molecule has 1 N–H and O–H groups in total. The van der Waals surface area contributed by atoms with Gasteiger partial charge in [0.2, 0.25) is 0 Å². The van der Waals surface area contributed by atoms with Gasteiger partial charge in [-0.25, -0.2) is 17.4 Å². The first kappa shape index (κ1) is 16.9. The number of rotatable bonds is 7. The molecular formula is C17H19N3O2S2. The second-order valence-corrected chi connectivity index (χ2v) is 8.06. The van der Waals surface area contributed by atoms with Crippen LogP contribution in [0, 0.1) is 0 Å². The van der Waals surface area contributed by atoms with E-state index in [0.29, 0.717) is 18.8 Å². The highest BCUT2D eigenvalue weighted by Gasteiger charge is 2.18. The van der Waals surface area contributed by atoms with Gasteiger partial charge < -0.3 is 5.32 Å². The van der Waals surface area contributed by atoms with E-state index in [1.807, 2.05) is 11.4 Å². The van der Waals surface area contributed by atoms with Crippen LogP contribution in [0.25, 0.3) is 0 Å². The summed E-state index contributed by atoms with van der Waals surface area (Å²) in [4.78, 5) is 4.78. The van der Waals surface area contributed by atoms with E-state index in [9.17, 15) is 8.42 Å². The van der Waals surface area contributed by atoms with Gasteiger partial charge in [0.15, 0.2) is 0 Å². The molecule has 1 aromatic carbocycles. The molecule has 3 aromatic rings. The quantitative estimate of drug-likeness (QED) is 0.702. The van der Waals surface area contributed by atoms with Gasteiger partial charge in [0.25, 0.3) is 10.0 Å². The number of thiazole rings is 1. The fraction of sp³-hybridized carbons (Fsp3) is 0.235. The van der Waals surface area contributed by atoms with Crippen molar-refractivity contribution >= 4 is 21.4 Å². The first-order chi connectivity index (χ1) is 11.6. The van der Waals surface area contributed by atoms with Crippen molar-refractivity contribution in [2.75, 3.05) is 0 Å². The molecule has 126 valence electrons. The Labute approximate surface area is 146 Å². The number of hydrogen-bond acceptors (Lipinski definition) is 5. The van der Waals surface area contributed by atoms with Crippen LogP contribution in [0.1, 0.15) is 23.3 Å². The lowest BCUT2D eigenvalue weighted by molar-refractivity contribution is 0.581. The van der Waals surface area contributed by atoms with Crippen molar-refractivity contribution < 1.29 is 8.42 Å². The molecule has 0 spiro atoms. The second-order valence-electron chi connectivity index (χ2n) is 5.30. The van der Waals surface area contributed by atoms with Crippen LogP contribution < -0.4 is 5.32 Å². The monoisotopic (exact) mass is 361 g/mol. The molecule has 0 aliphatic rings. The number of benzene rings is 1. The van der Waals surface area contributed by atoms with Crippen molar-refractivity contribution in [2.45, 2.75) is 31.3 Å². The summed E-state index contributed by atoms with van der Waals surface area (Å²) >= 11 is 1.65. The summed E-state index contributed by atoms with van der Waals surface area (Å²) in [6.07, 6.45) is 2.51. The minimum Gasteiger partial charge on any atom is -0.306 e. The van der Waals surface area contributed by atoms with Gasteiger partial charge in [-0.05, 0) is 30.7 Å². The lowest BCUT2D eigenvalue weighted by Crippen LogP contribution is -2.20. The third-order valence-corrected chi connectivity index (χ3v) is 6.39. The minimum absolute atomic E-state index is 0.287. The minimum atomic E-state index is -3.56. The van der Waals surface area contributed by atoms with E-state index in [1.165, 1.54) is 3.97 Å². The van der Waals surface area contributed by atoms with Gasteiger partial charge in [-0.2, -0.15) is 0 Å². The normalized spacial score (nSPS) is 11.7. The molecular weight excluding hydrogens is 342 g/mol. The Kier molecular flexibility index (Phi) is 5.13. The van der Waals surface area contributed by atoms with E-state index >= 15 is 0 Å². The van der Waals surface area contributed by atoms with E-state index in [4.69, 9.17) is 0 Å². The van der Waals surface area contributed by atoms with Gasteiger partial charge in [0.1, 0.15) is 0 Å². The number of aryl methyl sites for hydroxylation is 1. The predicted octanol–water partition coefficient (Wildman–Crippen LogP) is 3.03. The molecule has 2 heterocycles. The summed E-state index contributed by atoms with van der Waals surface area (Å²) in [5.74, 6) is 0. The summed E-state index contributed by atoms with van der Waals surface area (Å²) in [6.45, 7) is 3.16. The lowest BCUT2D eigenvalue weighted by atomic mass is 10.4. The maximum atomic E-state index is 12.7. The summed E-state index contributed by atoms with van der Waals surface area (Å²) in [6, 6.07) is 12.0. The molecule has 7 heteroatoms. The topological polar surface area (TPSA) is 64.0 Å². The maximum absolute atomic E-state index is 12.7. The Bertz CT molecular complexity index is 899. The number of nitrogens with zero attached hydrogens (tertiary/aromatic N) is 2. The fourth-order valence-corrected chi connectivity index (χ4v) is 4.53. The Morgan fingerprint density at radius 1 is 1.12 bits per heavy atom. The number of nitrogens with one attached hydrogen (secondary N) is 1. The molecule has 3 rings (SSSR count). The van der Waals surface area contributed by atoms with Gasteiger partial charge in [0.05, 0.1) is 15.6 Å². The molecule has 0 atom stereocenters. The van der Waals surface area contributed by atoms with Crippen molar-refractivity contribution in [3.63, 3.8) is 0 Å². The highest BCUT2D eigenvalue weighted by atomic mass is 32.2. The molecule has 5 nitrogen and oxygen atoms in total. The Balaban J connectivity index is 1.71. The molecule has 0 aliphatic heterocycles. The zero-order valence-electron chi connectivity index (χ0n) is 13.3. The van der Waals surface area contributed by atoms with Gasteiger partial charge in [-0.1, -0.05) is 25.1 Å². The molecule has 0 saturated heterocycles. The predicted molar refractivity (Wildman–Crippen MR) is 95.5 cm³/mol. The van der Waals surface area contributed by atoms with Crippen molar-refractivity contribution in [1.82, 2.24) is 14.3 Å². The van der Waals surface area contributed by atoms with Crippen LogP contribution in [-0.4, -0.2) is 17.4 Å². The van der Waals surface area contributed by atoms with Crippen LogP contribution in [0.4, 0.5) is 0 Å². The summed E-state index contributed by atoms with van der Waals surface area (Å²) in [5.41, 5.74) is 1.69. The molecule has 0 bridgehead atoms. The highest BCUT2D eigenvalue weighted by molar-refractivity contribution is 7.90. The van der Waals surface area contributed by atoms with E-state index in [0.717, 1.165) is 17.1 Å². The van der Waals surface area contributed by atoms with Crippen molar-refractivity contribution in [1.29, 1.82) is 0 Å². The van der Waals surface area contributed by atoms with E-state index in [1.54, 1.807) is 53.9 Å². The van der Waals surface area contributed by atoms with E-state index < -0.39 is 10.0 Å². The Hall–Kier alpha value is -1.96. The van der Waals surface area contributed by atoms with Crippen molar-refractivity contribution in [2.24, 2.45) is 0 Å². The van der Waals surface area contributed by atoms with E-state index in [-0.39, 0.29) is 4.90 Å². The molecule has 0 fully saturated rings. The first-order valence-corrected chi connectivity index (χ1v) is 10.0. The summed E-state index contributed by atoms with van der Waals surface area (Å²) < 4.78 is 26.8. The number of aromatic nitrogens is 2. The van der Waals surface area contributed by atoms with Crippen LogP contribution in [0.3, 0.4) is 0 Å². The second kappa shape index (κ2) is 7.29. The summed E-state index contributed by atoms with van der Waals surface area (Å²) in [5, 5.41) is 6.41.